The van der Waals surface area contributed by atoms with Gasteiger partial charge in [-0.1, -0.05) is 30.3 Å². The lowest BCUT2D eigenvalue weighted by Crippen LogP contribution is -2.40. The van der Waals surface area contributed by atoms with E-state index < -0.39 is 0 Å². The van der Waals surface area contributed by atoms with Crippen molar-refractivity contribution in [3.63, 3.8) is 0 Å². The summed E-state index contributed by atoms with van der Waals surface area (Å²) in [7, 11) is 1.58. The molecule has 0 bridgehead atoms. The third kappa shape index (κ3) is 5.48. The molecule has 2 N–H and O–H groups in total. The fourth-order valence-corrected chi connectivity index (χ4v) is 2.34. The minimum atomic E-state index is -0.363. The van der Waals surface area contributed by atoms with E-state index >= 15 is 0 Å². The highest BCUT2D eigenvalue weighted by molar-refractivity contribution is 6.07. The van der Waals surface area contributed by atoms with Gasteiger partial charge in [-0.15, -0.1) is 0 Å². The van der Waals surface area contributed by atoms with Crippen LogP contribution in [0.15, 0.2) is 54.6 Å². The first-order valence-electron chi connectivity index (χ1n) is 8.34. The Balaban J connectivity index is 2.14. The van der Waals surface area contributed by atoms with Crippen molar-refractivity contribution >= 4 is 23.6 Å². The van der Waals surface area contributed by atoms with E-state index in [1.54, 1.807) is 37.5 Å². The van der Waals surface area contributed by atoms with Gasteiger partial charge in [-0.25, -0.2) is 0 Å². The summed E-state index contributed by atoms with van der Waals surface area (Å²) in [4.78, 5) is 24.7. The Labute approximate surface area is 154 Å². The molecule has 0 saturated carbocycles. The van der Waals surface area contributed by atoms with E-state index in [9.17, 15) is 9.59 Å². The van der Waals surface area contributed by atoms with Crippen LogP contribution in [0, 0.1) is 0 Å². The van der Waals surface area contributed by atoms with E-state index in [2.05, 4.69) is 10.6 Å². The number of anilines is 1. The summed E-state index contributed by atoms with van der Waals surface area (Å²) < 4.78 is 5.26. The standard InChI is InChI=1S/C21H24N2O3/c1-21(2,3)23-20(25)16-10-6-7-11-17(16)22-19(24)14-13-15-9-5-8-12-18(15)26-4/h5-14H,1-4H3,(H,22,24)(H,23,25). The molecule has 5 heteroatoms. The molecule has 0 aromatic heterocycles. The summed E-state index contributed by atoms with van der Waals surface area (Å²) >= 11 is 0. The minimum absolute atomic E-state index is 0.234. The van der Waals surface area contributed by atoms with E-state index in [0.29, 0.717) is 17.0 Å². The Morgan fingerprint density at radius 3 is 2.35 bits per heavy atom. The van der Waals surface area contributed by atoms with Crippen molar-refractivity contribution in [1.29, 1.82) is 0 Å². The van der Waals surface area contributed by atoms with Gasteiger partial charge in [-0.2, -0.15) is 0 Å². The van der Waals surface area contributed by atoms with E-state index in [0.717, 1.165) is 5.56 Å². The molecule has 0 aliphatic heterocycles. The number of benzene rings is 2. The Hall–Kier alpha value is -3.08. The average molecular weight is 352 g/mol. The Morgan fingerprint density at radius 2 is 1.65 bits per heavy atom. The van der Waals surface area contributed by atoms with Crippen molar-refractivity contribution in [3.05, 3.63) is 65.7 Å². The molecule has 2 aromatic carbocycles. The zero-order valence-electron chi connectivity index (χ0n) is 15.5. The van der Waals surface area contributed by atoms with Crippen LogP contribution in [-0.2, 0) is 4.79 Å². The lowest BCUT2D eigenvalue weighted by molar-refractivity contribution is -0.111. The van der Waals surface area contributed by atoms with Crippen LogP contribution >= 0.6 is 0 Å². The predicted molar refractivity (Wildman–Crippen MR) is 104 cm³/mol. The molecular formula is C21H24N2O3. The van der Waals surface area contributed by atoms with Crippen LogP contribution in [0.3, 0.4) is 0 Å². The Bertz CT molecular complexity index is 820. The summed E-state index contributed by atoms with van der Waals surface area (Å²) in [6.07, 6.45) is 3.09. The molecule has 0 radical (unpaired) electrons. The van der Waals surface area contributed by atoms with Gasteiger partial charge in [0.1, 0.15) is 5.75 Å². The zero-order valence-corrected chi connectivity index (χ0v) is 15.5. The van der Waals surface area contributed by atoms with Crippen LogP contribution < -0.4 is 15.4 Å². The third-order valence-electron chi connectivity index (χ3n) is 3.47. The van der Waals surface area contributed by atoms with Crippen molar-refractivity contribution < 1.29 is 14.3 Å². The van der Waals surface area contributed by atoms with Crippen molar-refractivity contribution in [2.75, 3.05) is 12.4 Å². The van der Waals surface area contributed by atoms with Crippen molar-refractivity contribution in [2.24, 2.45) is 0 Å². The van der Waals surface area contributed by atoms with Gasteiger partial charge < -0.3 is 15.4 Å². The quantitative estimate of drug-likeness (QED) is 0.803. The molecule has 5 nitrogen and oxygen atoms in total. The monoisotopic (exact) mass is 352 g/mol. The maximum absolute atomic E-state index is 12.4. The summed E-state index contributed by atoms with van der Waals surface area (Å²) in [6, 6.07) is 14.3. The number of para-hydroxylation sites is 2. The maximum Gasteiger partial charge on any atom is 0.253 e. The second-order valence-electron chi connectivity index (χ2n) is 6.81. The smallest absolute Gasteiger partial charge is 0.253 e. The molecule has 0 fully saturated rings. The van der Waals surface area contributed by atoms with Gasteiger partial charge in [-0.05, 0) is 45.0 Å². The molecule has 0 spiro atoms. The molecule has 0 aliphatic carbocycles. The summed E-state index contributed by atoms with van der Waals surface area (Å²) in [5.74, 6) is 0.121. The van der Waals surface area contributed by atoms with Gasteiger partial charge in [0.2, 0.25) is 5.91 Å². The van der Waals surface area contributed by atoms with Gasteiger partial charge in [0, 0.05) is 17.2 Å². The maximum atomic E-state index is 12.4. The second-order valence-corrected chi connectivity index (χ2v) is 6.81. The molecule has 0 saturated heterocycles. The average Bonchev–Trinajstić information content (AvgIpc) is 2.59. The van der Waals surface area contributed by atoms with Crippen LogP contribution in [0.25, 0.3) is 6.08 Å². The SMILES string of the molecule is COc1ccccc1C=CC(=O)Nc1ccccc1C(=O)NC(C)(C)C. The lowest BCUT2D eigenvalue weighted by Gasteiger charge is -2.21. The Kier molecular flexibility index (Phi) is 6.17. The number of methoxy groups -OCH3 is 1. The van der Waals surface area contributed by atoms with Crippen molar-refractivity contribution in [1.82, 2.24) is 5.32 Å². The first-order valence-corrected chi connectivity index (χ1v) is 8.34. The first-order chi connectivity index (χ1) is 12.3. The number of ether oxygens (including phenoxy) is 1. The molecule has 2 aromatic rings. The fourth-order valence-electron chi connectivity index (χ4n) is 2.34. The van der Waals surface area contributed by atoms with E-state index in [4.69, 9.17) is 4.74 Å². The molecule has 2 amide bonds. The molecule has 26 heavy (non-hydrogen) atoms. The van der Waals surface area contributed by atoms with Gasteiger partial charge >= 0.3 is 0 Å². The van der Waals surface area contributed by atoms with Crippen LogP contribution in [0.1, 0.15) is 36.7 Å². The van der Waals surface area contributed by atoms with E-state index in [1.165, 1.54) is 6.08 Å². The summed E-state index contributed by atoms with van der Waals surface area (Å²) in [5, 5.41) is 5.65. The number of rotatable bonds is 5. The second kappa shape index (κ2) is 8.34. The van der Waals surface area contributed by atoms with Crippen molar-refractivity contribution in [2.45, 2.75) is 26.3 Å². The number of carbonyl (C=O) groups is 2. The van der Waals surface area contributed by atoms with Crippen LogP contribution in [0.4, 0.5) is 5.69 Å². The number of nitrogens with one attached hydrogen (secondary N) is 2. The predicted octanol–water partition coefficient (Wildman–Crippen LogP) is 3.88. The van der Waals surface area contributed by atoms with Crippen molar-refractivity contribution in [3.8, 4) is 5.75 Å². The molecule has 0 aliphatic rings. The number of hydrogen-bond donors (Lipinski definition) is 2. The van der Waals surface area contributed by atoms with E-state index in [1.807, 2.05) is 45.0 Å². The molecule has 0 atom stereocenters. The highest BCUT2D eigenvalue weighted by Crippen LogP contribution is 2.19. The van der Waals surface area contributed by atoms with E-state index in [-0.39, 0.29) is 17.4 Å². The number of amides is 2. The van der Waals surface area contributed by atoms with Gasteiger partial charge in [0.05, 0.1) is 18.4 Å². The highest BCUT2D eigenvalue weighted by atomic mass is 16.5. The highest BCUT2D eigenvalue weighted by Gasteiger charge is 2.18. The van der Waals surface area contributed by atoms with Gasteiger partial charge in [0.15, 0.2) is 0 Å². The van der Waals surface area contributed by atoms with Crippen LogP contribution in [0.5, 0.6) is 5.75 Å². The first kappa shape index (κ1) is 19.2. The minimum Gasteiger partial charge on any atom is -0.496 e. The molecular weight excluding hydrogens is 328 g/mol. The largest absolute Gasteiger partial charge is 0.496 e. The van der Waals surface area contributed by atoms with Gasteiger partial charge in [-0.3, -0.25) is 9.59 Å². The number of carbonyl (C=O) groups excluding carboxylic acids is 2. The topological polar surface area (TPSA) is 67.4 Å². The summed E-state index contributed by atoms with van der Waals surface area (Å²) in [5.41, 5.74) is 1.31. The Morgan fingerprint density at radius 1 is 1.00 bits per heavy atom. The zero-order chi connectivity index (χ0) is 19.2. The lowest BCUT2D eigenvalue weighted by atomic mass is 10.1. The molecule has 2 rings (SSSR count). The van der Waals surface area contributed by atoms with Crippen LogP contribution in [0.2, 0.25) is 0 Å². The summed E-state index contributed by atoms with van der Waals surface area (Å²) in [6.45, 7) is 5.71. The third-order valence-corrected chi connectivity index (χ3v) is 3.47. The normalized spacial score (nSPS) is 11.2. The number of hydrogen-bond acceptors (Lipinski definition) is 3. The molecule has 0 heterocycles. The van der Waals surface area contributed by atoms with Crippen LogP contribution in [-0.4, -0.2) is 24.5 Å². The molecule has 136 valence electrons. The fraction of sp³-hybridized carbons (Fsp3) is 0.238. The molecule has 0 unspecified atom stereocenters. The van der Waals surface area contributed by atoms with Gasteiger partial charge in [0.25, 0.3) is 5.91 Å².